The van der Waals surface area contributed by atoms with E-state index in [2.05, 4.69) is 121 Å². The average Bonchev–Trinajstić information content (AvgIpc) is 3.73. The van der Waals surface area contributed by atoms with Gasteiger partial charge in [0.05, 0.1) is 0 Å². The molecule has 0 fully saturated rings. The van der Waals surface area contributed by atoms with Crippen LogP contribution in [0.25, 0.3) is 98.2 Å². The maximum Gasteiger partial charge on any atom is 0.165 e. The van der Waals surface area contributed by atoms with E-state index in [-0.39, 0.29) is 0 Å². The standard InChI is InChI=1S/C43H25N3OS/c1-2-9-26(10-3-1)27-17-18-29-24-30(20-19-28(29)23-27)41-44-42(31-21-22-33-32-11-4-6-15-37(32)47-38(33)25-31)46-43(45-41)36-14-8-13-35-34-12-5-7-16-39(34)48-40(35)36/h1-25H. The SMILES string of the molecule is c1ccc(-c2ccc3cc(-c4nc(-c5ccc6c(c5)oc5ccccc56)nc(-c5cccc6c5sc5ccccc56)n4)ccc3c2)cc1. The molecule has 48 heavy (non-hydrogen) atoms. The minimum atomic E-state index is 0.606. The molecule has 3 heterocycles. The van der Waals surface area contributed by atoms with Gasteiger partial charge in [0.1, 0.15) is 11.2 Å². The van der Waals surface area contributed by atoms with Crippen LogP contribution < -0.4 is 0 Å². The van der Waals surface area contributed by atoms with Gasteiger partial charge in [0, 0.05) is 47.6 Å². The van der Waals surface area contributed by atoms with E-state index in [0.717, 1.165) is 44.0 Å². The van der Waals surface area contributed by atoms with Crippen molar-refractivity contribution >= 4 is 64.2 Å². The van der Waals surface area contributed by atoms with Crippen LogP contribution in [0.2, 0.25) is 0 Å². The summed E-state index contributed by atoms with van der Waals surface area (Å²) >= 11 is 1.78. The van der Waals surface area contributed by atoms with E-state index in [9.17, 15) is 0 Å². The highest BCUT2D eigenvalue weighted by Gasteiger charge is 2.18. The largest absolute Gasteiger partial charge is 0.456 e. The van der Waals surface area contributed by atoms with Crippen molar-refractivity contribution in [2.45, 2.75) is 0 Å². The molecule has 10 aromatic rings. The lowest BCUT2D eigenvalue weighted by Gasteiger charge is -2.10. The summed E-state index contributed by atoms with van der Waals surface area (Å²) in [6.45, 7) is 0. The molecule has 0 radical (unpaired) electrons. The molecular formula is C43H25N3OS. The van der Waals surface area contributed by atoms with Gasteiger partial charge in [-0.25, -0.2) is 15.0 Å². The van der Waals surface area contributed by atoms with Gasteiger partial charge in [0.15, 0.2) is 17.5 Å². The summed E-state index contributed by atoms with van der Waals surface area (Å²) in [4.78, 5) is 15.4. The second kappa shape index (κ2) is 10.7. The molecule has 0 bridgehead atoms. The van der Waals surface area contributed by atoms with Crippen molar-refractivity contribution in [3.63, 3.8) is 0 Å². The van der Waals surface area contributed by atoms with Gasteiger partial charge >= 0.3 is 0 Å². The van der Waals surface area contributed by atoms with Crippen LogP contribution in [0.5, 0.6) is 0 Å². The summed E-state index contributed by atoms with van der Waals surface area (Å²) in [7, 11) is 0. The lowest BCUT2D eigenvalue weighted by Crippen LogP contribution is -2.00. The van der Waals surface area contributed by atoms with E-state index in [1.54, 1.807) is 11.3 Å². The highest BCUT2D eigenvalue weighted by atomic mass is 32.1. The molecule has 0 aliphatic carbocycles. The highest BCUT2D eigenvalue weighted by Crippen LogP contribution is 2.40. The Morgan fingerprint density at radius 2 is 1.02 bits per heavy atom. The second-order valence-corrected chi connectivity index (χ2v) is 13.1. The number of fused-ring (bicyclic) bond motifs is 7. The number of benzene rings is 7. The first-order valence-electron chi connectivity index (χ1n) is 15.9. The number of aromatic nitrogens is 3. The Balaban J connectivity index is 1.17. The van der Waals surface area contributed by atoms with Gasteiger partial charge in [-0.3, -0.25) is 0 Å². The topological polar surface area (TPSA) is 51.8 Å². The number of hydrogen-bond acceptors (Lipinski definition) is 5. The van der Waals surface area contributed by atoms with Crippen LogP contribution in [0.3, 0.4) is 0 Å². The Morgan fingerprint density at radius 3 is 1.88 bits per heavy atom. The Morgan fingerprint density at radius 1 is 0.396 bits per heavy atom. The lowest BCUT2D eigenvalue weighted by molar-refractivity contribution is 0.669. The molecule has 7 aromatic carbocycles. The molecule has 0 aliphatic heterocycles. The second-order valence-electron chi connectivity index (χ2n) is 12.0. The summed E-state index contributed by atoms with van der Waals surface area (Å²) in [6.07, 6.45) is 0. The quantitative estimate of drug-likeness (QED) is 0.194. The van der Waals surface area contributed by atoms with Crippen LogP contribution in [0.4, 0.5) is 0 Å². The zero-order chi connectivity index (χ0) is 31.6. The fourth-order valence-corrected chi connectivity index (χ4v) is 7.95. The third-order valence-electron chi connectivity index (χ3n) is 9.12. The minimum absolute atomic E-state index is 0.606. The predicted octanol–water partition coefficient (Wildman–Crippen LogP) is 12.0. The van der Waals surface area contributed by atoms with Crippen molar-refractivity contribution < 1.29 is 4.42 Å². The van der Waals surface area contributed by atoms with E-state index in [4.69, 9.17) is 19.4 Å². The van der Waals surface area contributed by atoms with E-state index >= 15 is 0 Å². The van der Waals surface area contributed by atoms with Crippen molar-refractivity contribution in [3.8, 4) is 45.3 Å². The van der Waals surface area contributed by atoms with Gasteiger partial charge in [0.25, 0.3) is 0 Å². The van der Waals surface area contributed by atoms with Crippen molar-refractivity contribution in [2.75, 3.05) is 0 Å². The summed E-state index contributed by atoms with van der Waals surface area (Å²) in [5, 5.41) is 6.92. The van der Waals surface area contributed by atoms with Gasteiger partial charge in [-0.1, -0.05) is 109 Å². The van der Waals surface area contributed by atoms with E-state index < -0.39 is 0 Å². The number of thiophene rings is 1. The maximum atomic E-state index is 6.26. The Labute approximate surface area is 279 Å². The van der Waals surface area contributed by atoms with Gasteiger partial charge in [0.2, 0.25) is 0 Å². The fourth-order valence-electron chi connectivity index (χ4n) is 6.74. The van der Waals surface area contributed by atoms with Gasteiger partial charge < -0.3 is 4.42 Å². The van der Waals surface area contributed by atoms with E-state index in [1.807, 2.05) is 30.3 Å². The molecule has 0 atom stereocenters. The Kier molecular flexibility index (Phi) is 6.01. The van der Waals surface area contributed by atoms with Crippen LogP contribution in [-0.2, 0) is 0 Å². The van der Waals surface area contributed by atoms with E-state index in [1.165, 1.54) is 36.7 Å². The third-order valence-corrected chi connectivity index (χ3v) is 10.3. The van der Waals surface area contributed by atoms with Crippen LogP contribution in [0, 0.1) is 0 Å². The Bertz CT molecular complexity index is 2850. The fraction of sp³-hybridized carbons (Fsp3) is 0. The molecule has 0 aliphatic rings. The van der Waals surface area contributed by atoms with Crippen LogP contribution >= 0.6 is 11.3 Å². The molecule has 0 N–H and O–H groups in total. The molecule has 0 saturated carbocycles. The number of nitrogens with zero attached hydrogens (tertiary/aromatic N) is 3. The average molecular weight is 632 g/mol. The van der Waals surface area contributed by atoms with Crippen molar-refractivity contribution in [1.82, 2.24) is 15.0 Å². The first-order valence-corrected chi connectivity index (χ1v) is 16.7. The maximum absolute atomic E-state index is 6.26. The molecule has 3 aromatic heterocycles. The van der Waals surface area contributed by atoms with Crippen LogP contribution in [-0.4, -0.2) is 15.0 Å². The molecule has 5 heteroatoms. The molecule has 224 valence electrons. The van der Waals surface area contributed by atoms with Gasteiger partial charge in [-0.2, -0.15) is 0 Å². The molecule has 0 amide bonds. The normalized spacial score (nSPS) is 11.8. The molecular weight excluding hydrogens is 607 g/mol. The van der Waals surface area contributed by atoms with Crippen molar-refractivity contribution in [1.29, 1.82) is 0 Å². The number of furan rings is 1. The molecule has 4 nitrogen and oxygen atoms in total. The van der Waals surface area contributed by atoms with Crippen molar-refractivity contribution in [3.05, 3.63) is 152 Å². The van der Waals surface area contributed by atoms with E-state index in [0.29, 0.717) is 17.5 Å². The third kappa shape index (κ3) is 4.40. The number of para-hydroxylation sites is 1. The number of rotatable bonds is 4. The Hall–Kier alpha value is -6.17. The minimum Gasteiger partial charge on any atom is -0.456 e. The zero-order valence-electron chi connectivity index (χ0n) is 25.6. The lowest BCUT2D eigenvalue weighted by atomic mass is 10.00. The molecule has 0 spiro atoms. The summed E-state index contributed by atoms with van der Waals surface area (Å²) in [6, 6.07) is 52.8. The first-order chi connectivity index (χ1) is 23.7. The van der Waals surface area contributed by atoms with Crippen LogP contribution in [0.1, 0.15) is 0 Å². The summed E-state index contributed by atoms with van der Waals surface area (Å²) in [5.41, 5.74) is 6.88. The monoisotopic (exact) mass is 631 g/mol. The first kappa shape index (κ1) is 27.0. The molecule has 0 saturated heterocycles. The van der Waals surface area contributed by atoms with Gasteiger partial charge in [-0.15, -0.1) is 11.3 Å². The van der Waals surface area contributed by atoms with Crippen molar-refractivity contribution in [2.24, 2.45) is 0 Å². The predicted molar refractivity (Wildman–Crippen MR) is 199 cm³/mol. The summed E-state index contributed by atoms with van der Waals surface area (Å²) < 4.78 is 8.67. The number of hydrogen-bond donors (Lipinski definition) is 0. The van der Waals surface area contributed by atoms with Gasteiger partial charge in [-0.05, 0) is 64.4 Å². The highest BCUT2D eigenvalue weighted by molar-refractivity contribution is 7.26. The summed E-state index contributed by atoms with van der Waals surface area (Å²) in [5.74, 6) is 1.89. The van der Waals surface area contributed by atoms with Crippen LogP contribution in [0.15, 0.2) is 156 Å². The molecule has 10 rings (SSSR count). The molecule has 0 unspecified atom stereocenters. The zero-order valence-corrected chi connectivity index (χ0v) is 26.4. The smallest absolute Gasteiger partial charge is 0.165 e.